The molecule has 0 bridgehead atoms. The van der Waals surface area contributed by atoms with Gasteiger partial charge in [0, 0.05) is 44.6 Å². The average molecular weight is 741 g/mol. The fraction of sp³-hybridized carbons (Fsp3) is 0.0182. The van der Waals surface area contributed by atoms with Crippen molar-refractivity contribution in [3.63, 3.8) is 0 Å². The molecule has 2 aliphatic rings. The van der Waals surface area contributed by atoms with Gasteiger partial charge in [0.2, 0.25) is 0 Å². The van der Waals surface area contributed by atoms with Gasteiger partial charge >= 0.3 is 0 Å². The minimum atomic E-state index is -0.720. The Morgan fingerprint density at radius 1 is 0.345 bits per heavy atom. The van der Waals surface area contributed by atoms with Gasteiger partial charge < -0.3 is 14.2 Å². The maximum Gasteiger partial charge on any atom is 0.135 e. The number of anilines is 6. The van der Waals surface area contributed by atoms with Crippen molar-refractivity contribution in [3.05, 3.63) is 241 Å². The molecule has 2 aliphatic carbocycles. The molecule has 272 valence electrons. The van der Waals surface area contributed by atoms with Crippen molar-refractivity contribution in [3.8, 4) is 22.3 Å². The molecule has 0 N–H and O–H groups in total. The van der Waals surface area contributed by atoms with E-state index in [4.69, 9.17) is 4.42 Å². The van der Waals surface area contributed by atoms with E-state index in [2.05, 4.69) is 228 Å². The van der Waals surface area contributed by atoms with Gasteiger partial charge in [0.1, 0.15) is 16.8 Å². The zero-order valence-electron chi connectivity index (χ0n) is 31.6. The van der Waals surface area contributed by atoms with E-state index in [1.165, 1.54) is 49.7 Å². The van der Waals surface area contributed by atoms with Gasteiger partial charge in [-0.15, -0.1) is 0 Å². The number of rotatable bonds is 6. The Kier molecular flexibility index (Phi) is 7.14. The van der Waals surface area contributed by atoms with Crippen LogP contribution in [0.5, 0.6) is 0 Å². The summed E-state index contributed by atoms with van der Waals surface area (Å²) in [6, 6.07) is 78.9. The van der Waals surface area contributed by atoms with Crippen molar-refractivity contribution < 1.29 is 4.42 Å². The van der Waals surface area contributed by atoms with Gasteiger partial charge in [0.15, 0.2) is 0 Å². The Morgan fingerprint density at radius 3 is 1.62 bits per heavy atom. The van der Waals surface area contributed by atoms with Crippen LogP contribution in [0, 0.1) is 0 Å². The lowest BCUT2D eigenvalue weighted by atomic mass is 9.73. The number of furan rings is 1. The normalized spacial score (nSPS) is 14.6. The second-order valence-electron chi connectivity index (χ2n) is 15.2. The summed E-state index contributed by atoms with van der Waals surface area (Å²) in [6.45, 7) is 0. The molecule has 1 aromatic heterocycles. The SMILES string of the molecule is c1ccc(N(c2ccccc2)c2cccc3c2-c2ccccc2C32c3cc(N(c4ccccc4)c4cccc5ccccc45)ccc3-c3c2oc2ccccc32)cc1. The van der Waals surface area contributed by atoms with E-state index in [1.54, 1.807) is 0 Å². The molecule has 10 aromatic rings. The molecule has 58 heavy (non-hydrogen) atoms. The van der Waals surface area contributed by atoms with Gasteiger partial charge in [0.25, 0.3) is 0 Å². The molecule has 1 spiro atoms. The van der Waals surface area contributed by atoms with E-state index in [0.29, 0.717) is 0 Å². The lowest BCUT2D eigenvalue weighted by molar-refractivity contribution is 0.507. The van der Waals surface area contributed by atoms with Crippen molar-refractivity contribution in [1.29, 1.82) is 0 Å². The topological polar surface area (TPSA) is 19.6 Å². The number of nitrogens with zero attached hydrogens (tertiary/aromatic N) is 2. The van der Waals surface area contributed by atoms with Crippen LogP contribution in [0.15, 0.2) is 223 Å². The first-order chi connectivity index (χ1) is 28.8. The van der Waals surface area contributed by atoms with Crippen molar-refractivity contribution in [2.45, 2.75) is 5.41 Å². The van der Waals surface area contributed by atoms with Crippen LogP contribution in [0.3, 0.4) is 0 Å². The fourth-order valence-electron chi connectivity index (χ4n) is 9.92. The van der Waals surface area contributed by atoms with Gasteiger partial charge in [-0.05, 0) is 99.9 Å². The maximum absolute atomic E-state index is 7.21. The van der Waals surface area contributed by atoms with E-state index in [0.717, 1.165) is 50.9 Å². The molecule has 0 saturated carbocycles. The number of benzene rings is 9. The molecule has 3 heteroatoms. The van der Waals surface area contributed by atoms with E-state index in [9.17, 15) is 0 Å². The average Bonchev–Trinajstić information content (AvgIpc) is 3.92. The largest absolute Gasteiger partial charge is 0.459 e. The Hall–Kier alpha value is -7.62. The lowest BCUT2D eigenvalue weighted by Crippen LogP contribution is -2.26. The van der Waals surface area contributed by atoms with Gasteiger partial charge in [-0.25, -0.2) is 0 Å². The number of para-hydroxylation sites is 4. The maximum atomic E-state index is 7.21. The lowest BCUT2D eigenvalue weighted by Gasteiger charge is -2.32. The smallest absolute Gasteiger partial charge is 0.135 e. The highest BCUT2D eigenvalue weighted by molar-refractivity contribution is 6.07. The first kappa shape index (κ1) is 32.6. The highest BCUT2D eigenvalue weighted by Crippen LogP contribution is 2.66. The molecule has 0 radical (unpaired) electrons. The number of hydrogen-bond donors (Lipinski definition) is 0. The van der Waals surface area contributed by atoms with Crippen LogP contribution in [0.2, 0.25) is 0 Å². The Morgan fingerprint density at radius 2 is 0.879 bits per heavy atom. The van der Waals surface area contributed by atoms with E-state index >= 15 is 0 Å². The molecule has 1 heterocycles. The summed E-state index contributed by atoms with van der Waals surface area (Å²) in [5, 5.41) is 3.54. The molecule has 1 unspecified atom stereocenters. The molecule has 9 aromatic carbocycles. The molecule has 0 fully saturated rings. The highest BCUT2D eigenvalue weighted by Gasteiger charge is 2.56. The Balaban J connectivity index is 1.18. The second-order valence-corrected chi connectivity index (χ2v) is 15.2. The zero-order valence-corrected chi connectivity index (χ0v) is 31.6. The molecule has 0 saturated heterocycles. The predicted molar refractivity (Wildman–Crippen MR) is 239 cm³/mol. The molecular formula is C55H36N2O. The van der Waals surface area contributed by atoms with Crippen LogP contribution >= 0.6 is 0 Å². The van der Waals surface area contributed by atoms with Gasteiger partial charge in [-0.1, -0.05) is 152 Å². The predicted octanol–water partition coefficient (Wildman–Crippen LogP) is 14.9. The van der Waals surface area contributed by atoms with Crippen molar-refractivity contribution in [1.82, 2.24) is 0 Å². The molecular weight excluding hydrogens is 705 g/mol. The number of fused-ring (bicyclic) bond motifs is 13. The van der Waals surface area contributed by atoms with Crippen molar-refractivity contribution in [2.75, 3.05) is 9.80 Å². The monoisotopic (exact) mass is 740 g/mol. The van der Waals surface area contributed by atoms with Crippen LogP contribution in [-0.4, -0.2) is 0 Å². The minimum absolute atomic E-state index is 0.720. The second kappa shape index (κ2) is 12.7. The van der Waals surface area contributed by atoms with Gasteiger partial charge in [-0.2, -0.15) is 0 Å². The van der Waals surface area contributed by atoms with E-state index in [1.807, 2.05) is 0 Å². The van der Waals surface area contributed by atoms with E-state index in [-0.39, 0.29) is 0 Å². The van der Waals surface area contributed by atoms with Gasteiger partial charge in [0.05, 0.1) is 11.4 Å². The summed E-state index contributed by atoms with van der Waals surface area (Å²) >= 11 is 0. The van der Waals surface area contributed by atoms with Crippen molar-refractivity contribution >= 4 is 55.9 Å². The van der Waals surface area contributed by atoms with Crippen LogP contribution in [-0.2, 0) is 5.41 Å². The summed E-state index contributed by atoms with van der Waals surface area (Å²) in [5.74, 6) is 0.978. The van der Waals surface area contributed by atoms with Crippen molar-refractivity contribution in [2.24, 2.45) is 0 Å². The van der Waals surface area contributed by atoms with Crippen LogP contribution in [0.4, 0.5) is 34.1 Å². The Bertz CT molecular complexity index is 3140. The highest BCUT2D eigenvalue weighted by atomic mass is 16.3. The number of hydrogen-bond acceptors (Lipinski definition) is 3. The minimum Gasteiger partial charge on any atom is -0.459 e. The van der Waals surface area contributed by atoms with Crippen LogP contribution < -0.4 is 9.80 Å². The summed E-state index contributed by atoms with van der Waals surface area (Å²) in [7, 11) is 0. The zero-order chi connectivity index (χ0) is 38.2. The summed E-state index contributed by atoms with van der Waals surface area (Å²) in [5.41, 5.74) is 15.3. The summed E-state index contributed by atoms with van der Waals surface area (Å²) in [4.78, 5) is 4.82. The first-order valence-corrected chi connectivity index (χ1v) is 19.9. The molecule has 12 rings (SSSR count). The quantitative estimate of drug-likeness (QED) is 0.169. The molecule has 0 aliphatic heterocycles. The summed E-state index contributed by atoms with van der Waals surface area (Å²) in [6.07, 6.45) is 0. The molecule has 0 amide bonds. The van der Waals surface area contributed by atoms with Gasteiger partial charge in [-0.3, -0.25) is 0 Å². The summed E-state index contributed by atoms with van der Waals surface area (Å²) < 4.78 is 7.21. The standard InChI is InChI=1S/C55H36N2O/c1-4-20-38(21-5-1)56(39-22-6-2-7-23-39)50-32-17-30-47-53(50)43-27-12-14-29-46(43)55(47)48-36-41(34-35-44(48)52-45-28-13-15-33-51(45)58-54(52)55)57(40-24-8-3-9-25-40)49-31-16-19-37-18-10-11-26-42(37)49/h1-36H. The fourth-order valence-corrected chi connectivity index (χ4v) is 9.92. The third-order valence-corrected chi connectivity index (χ3v) is 12.2. The third-order valence-electron chi connectivity index (χ3n) is 12.2. The van der Waals surface area contributed by atoms with Crippen LogP contribution in [0.1, 0.15) is 22.5 Å². The molecule has 1 atom stereocenters. The Labute approximate surface area is 337 Å². The third kappa shape index (κ3) is 4.56. The molecule has 3 nitrogen and oxygen atoms in total. The first-order valence-electron chi connectivity index (χ1n) is 19.9. The van der Waals surface area contributed by atoms with E-state index < -0.39 is 5.41 Å². The van der Waals surface area contributed by atoms with Crippen LogP contribution in [0.25, 0.3) is 44.0 Å².